The summed E-state index contributed by atoms with van der Waals surface area (Å²) in [6.07, 6.45) is 1.00. The van der Waals surface area contributed by atoms with Gasteiger partial charge in [0.2, 0.25) is 0 Å². The van der Waals surface area contributed by atoms with Crippen LogP contribution in [0.5, 0.6) is 5.75 Å². The molecule has 0 aliphatic rings. The highest BCUT2D eigenvalue weighted by Gasteiger charge is 2.30. The smallest absolute Gasteiger partial charge is 0.387 e. The first-order valence-corrected chi connectivity index (χ1v) is 6.59. The molecule has 9 heteroatoms. The minimum Gasteiger partial charge on any atom is -0.434 e. The van der Waals surface area contributed by atoms with Crippen molar-refractivity contribution < 1.29 is 22.3 Å². The maximum atomic E-state index is 13.2. The molecule has 2 aromatic rings. The first-order chi connectivity index (χ1) is 10.2. The van der Waals surface area contributed by atoms with Gasteiger partial charge in [-0.05, 0) is 18.2 Å². The van der Waals surface area contributed by atoms with Gasteiger partial charge in [-0.2, -0.15) is 17.6 Å². The second kappa shape index (κ2) is 6.26. The van der Waals surface area contributed by atoms with Gasteiger partial charge >= 0.3 is 6.61 Å². The molecule has 1 aromatic carbocycles. The van der Waals surface area contributed by atoms with Crippen LogP contribution in [0, 0.1) is 0 Å². The quantitative estimate of drug-likeness (QED) is 0.711. The van der Waals surface area contributed by atoms with E-state index < -0.39 is 23.4 Å². The summed E-state index contributed by atoms with van der Waals surface area (Å²) in [6.45, 7) is -2.46. The van der Waals surface area contributed by atoms with Crippen LogP contribution < -0.4 is 4.74 Å². The van der Waals surface area contributed by atoms with Gasteiger partial charge in [0.1, 0.15) is 11.4 Å². The highest BCUT2D eigenvalue weighted by Crippen LogP contribution is 2.35. The second-order valence-electron chi connectivity index (χ2n) is 4.30. The number of hydrogen-bond acceptors (Lipinski definition) is 3. The molecule has 22 heavy (non-hydrogen) atoms. The molecule has 0 radical (unpaired) electrons. The summed E-state index contributed by atoms with van der Waals surface area (Å²) >= 11 is 11.4. The van der Waals surface area contributed by atoms with Crippen molar-refractivity contribution in [3.05, 3.63) is 40.3 Å². The average Bonchev–Trinajstić information content (AvgIpc) is 2.36. The van der Waals surface area contributed by atoms with Crippen LogP contribution in [-0.2, 0) is 5.92 Å². The van der Waals surface area contributed by atoms with Gasteiger partial charge in [-0.1, -0.05) is 23.2 Å². The molecule has 1 heterocycles. The van der Waals surface area contributed by atoms with Gasteiger partial charge in [-0.25, -0.2) is 9.97 Å². The SMILES string of the molecule is CC(F)(F)c1ncc(-c2ccc(Cl)cc2OC(F)F)nc1Cl. The molecule has 0 unspecified atom stereocenters. The Bertz CT molecular complexity index is 692. The molecule has 3 nitrogen and oxygen atoms in total. The number of benzene rings is 1. The fourth-order valence-electron chi connectivity index (χ4n) is 1.69. The van der Waals surface area contributed by atoms with Gasteiger partial charge in [0.25, 0.3) is 5.92 Å². The minimum absolute atomic E-state index is 0.00492. The van der Waals surface area contributed by atoms with E-state index in [1.807, 2.05) is 0 Å². The Morgan fingerprint density at radius 2 is 1.91 bits per heavy atom. The number of halogens is 6. The normalized spacial score (nSPS) is 11.8. The predicted molar refractivity (Wildman–Crippen MR) is 73.7 cm³/mol. The summed E-state index contributed by atoms with van der Waals surface area (Å²) in [7, 11) is 0. The topological polar surface area (TPSA) is 35.0 Å². The van der Waals surface area contributed by atoms with Crippen LogP contribution in [-0.4, -0.2) is 16.6 Å². The summed E-state index contributed by atoms with van der Waals surface area (Å²) < 4.78 is 55.6. The fourth-order valence-corrected chi connectivity index (χ4v) is 2.16. The maximum Gasteiger partial charge on any atom is 0.387 e. The Morgan fingerprint density at radius 1 is 1.23 bits per heavy atom. The number of rotatable bonds is 4. The highest BCUT2D eigenvalue weighted by atomic mass is 35.5. The van der Waals surface area contributed by atoms with Crippen molar-refractivity contribution in [2.75, 3.05) is 0 Å². The molecule has 118 valence electrons. The van der Waals surface area contributed by atoms with Crippen molar-refractivity contribution in [3.8, 4) is 17.0 Å². The molecule has 0 aliphatic heterocycles. The third kappa shape index (κ3) is 3.78. The third-order valence-corrected chi connectivity index (χ3v) is 3.08. The lowest BCUT2D eigenvalue weighted by Crippen LogP contribution is -2.12. The molecule has 0 spiro atoms. The van der Waals surface area contributed by atoms with Crippen LogP contribution in [0.15, 0.2) is 24.4 Å². The van der Waals surface area contributed by atoms with Crippen LogP contribution in [0.4, 0.5) is 17.6 Å². The molecule has 1 aromatic heterocycles. The van der Waals surface area contributed by atoms with E-state index in [0.29, 0.717) is 6.92 Å². The lowest BCUT2D eigenvalue weighted by atomic mass is 10.1. The van der Waals surface area contributed by atoms with Crippen LogP contribution in [0.3, 0.4) is 0 Å². The van der Waals surface area contributed by atoms with Crippen LogP contribution in [0.1, 0.15) is 12.6 Å². The average molecular weight is 355 g/mol. The van der Waals surface area contributed by atoms with Gasteiger partial charge in [0.05, 0.1) is 11.9 Å². The predicted octanol–water partition coefficient (Wildman–Crippen LogP) is 5.16. The molecule has 0 saturated carbocycles. The summed E-state index contributed by atoms with van der Waals surface area (Å²) in [6, 6.07) is 3.91. The number of aromatic nitrogens is 2. The van der Waals surface area contributed by atoms with E-state index >= 15 is 0 Å². The van der Waals surface area contributed by atoms with Crippen LogP contribution in [0.2, 0.25) is 10.2 Å². The van der Waals surface area contributed by atoms with Gasteiger partial charge in [0.15, 0.2) is 5.15 Å². The highest BCUT2D eigenvalue weighted by molar-refractivity contribution is 6.31. The number of nitrogens with zero attached hydrogens (tertiary/aromatic N) is 2. The Labute approximate surface area is 132 Å². The van der Waals surface area contributed by atoms with E-state index in [1.165, 1.54) is 12.1 Å². The Morgan fingerprint density at radius 3 is 2.45 bits per heavy atom. The Kier molecular flexibility index (Phi) is 4.77. The maximum absolute atomic E-state index is 13.2. The first kappa shape index (κ1) is 16.8. The first-order valence-electron chi connectivity index (χ1n) is 5.84. The van der Waals surface area contributed by atoms with E-state index in [4.69, 9.17) is 23.2 Å². The molecule has 0 bridgehead atoms. The van der Waals surface area contributed by atoms with E-state index in [9.17, 15) is 17.6 Å². The second-order valence-corrected chi connectivity index (χ2v) is 5.10. The van der Waals surface area contributed by atoms with Crippen LogP contribution >= 0.6 is 23.2 Å². The van der Waals surface area contributed by atoms with Gasteiger partial charge in [-0.3, -0.25) is 0 Å². The molecule has 0 fully saturated rings. The molecule has 0 amide bonds. The lowest BCUT2D eigenvalue weighted by molar-refractivity contribution is -0.0494. The zero-order chi connectivity index (χ0) is 16.5. The summed E-state index contributed by atoms with van der Waals surface area (Å²) in [5.41, 5.74) is -0.599. The van der Waals surface area contributed by atoms with Crippen molar-refractivity contribution >= 4 is 23.2 Å². The van der Waals surface area contributed by atoms with Crippen LogP contribution in [0.25, 0.3) is 11.3 Å². The Hall–Kier alpha value is -1.60. The zero-order valence-corrected chi connectivity index (χ0v) is 12.5. The number of ether oxygens (including phenoxy) is 1. The number of hydrogen-bond donors (Lipinski definition) is 0. The molecule has 0 aliphatic carbocycles. The van der Waals surface area contributed by atoms with Crippen molar-refractivity contribution in [3.63, 3.8) is 0 Å². The summed E-state index contributed by atoms with van der Waals surface area (Å²) in [5, 5.41) is -0.363. The van der Waals surface area contributed by atoms with E-state index in [-0.39, 0.29) is 22.0 Å². The van der Waals surface area contributed by atoms with E-state index in [0.717, 1.165) is 12.3 Å². The Balaban J connectivity index is 2.50. The van der Waals surface area contributed by atoms with Crippen molar-refractivity contribution in [2.24, 2.45) is 0 Å². The standard InChI is InChI=1S/C13H8Cl2F4N2O/c1-13(18,19)10-11(15)21-8(5-20-10)7-3-2-6(14)4-9(7)22-12(16)17/h2-5,12H,1H3. The van der Waals surface area contributed by atoms with Crippen molar-refractivity contribution in [1.29, 1.82) is 0 Å². The molecule has 0 saturated heterocycles. The van der Waals surface area contributed by atoms with Gasteiger partial charge in [0, 0.05) is 17.5 Å². The molecule has 2 rings (SSSR count). The molecular weight excluding hydrogens is 347 g/mol. The molecule has 0 atom stereocenters. The summed E-state index contributed by atoms with van der Waals surface area (Å²) in [5.74, 6) is -3.53. The zero-order valence-electron chi connectivity index (χ0n) is 11.0. The number of alkyl halides is 4. The fraction of sp³-hybridized carbons (Fsp3) is 0.231. The largest absolute Gasteiger partial charge is 0.434 e. The van der Waals surface area contributed by atoms with E-state index in [1.54, 1.807) is 0 Å². The van der Waals surface area contributed by atoms with Crippen molar-refractivity contribution in [2.45, 2.75) is 19.5 Å². The van der Waals surface area contributed by atoms with Gasteiger partial charge in [-0.15, -0.1) is 0 Å². The van der Waals surface area contributed by atoms with Crippen molar-refractivity contribution in [1.82, 2.24) is 9.97 Å². The van der Waals surface area contributed by atoms with E-state index in [2.05, 4.69) is 14.7 Å². The minimum atomic E-state index is -3.27. The van der Waals surface area contributed by atoms with Gasteiger partial charge < -0.3 is 4.74 Å². The lowest BCUT2D eigenvalue weighted by Gasteiger charge is -2.13. The monoisotopic (exact) mass is 354 g/mol. The molecular formula is C13H8Cl2F4N2O. The summed E-state index contributed by atoms with van der Waals surface area (Å²) in [4.78, 5) is 7.31. The molecule has 0 N–H and O–H groups in total. The third-order valence-electron chi connectivity index (χ3n) is 2.58.